The summed E-state index contributed by atoms with van der Waals surface area (Å²) in [5.41, 5.74) is 0.308. The van der Waals surface area contributed by atoms with E-state index in [9.17, 15) is 14.0 Å². The van der Waals surface area contributed by atoms with E-state index in [1.54, 1.807) is 26.0 Å². The number of rotatable bonds is 5. The molecule has 0 aliphatic heterocycles. The summed E-state index contributed by atoms with van der Waals surface area (Å²) < 4.78 is 21.1. The first kappa shape index (κ1) is 17.5. The third-order valence-electron chi connectivity index (χ3n) is 3.16. The van der Waals surface area contributed by atoms with Crippen LogP contribution in [0.2, 0.25) is 0 Å². The molecule has 0 unspecified atom stereocenters. The molecule has 1 N–H and O–H groups in total. The molecule has 1 heterocycles. The normalized spacial score (nSPS) is 10.4. The molecule has 0 radical (unpaired) electrons. The summed E-state index contributed by atoms with van der Waals surface area (Å²) in [5.74, 6) is -1.03. The molecule has 2 aromatic rings. The lowest BCUT2D eigenvalue weighted by molar-refractivity contribution is 0.0526. The van der Waals surface area contributed by atoms with Crippen molar-refractivity contribution in [3.63, 3.8) is 0 Å². The first-order valence-corrected chi connectivity index (χ1v) is 8.17. The Morgan fingerprint density at radius 1 is 1.30 bits per heavy atom. The van der Waals surface area contributed by atoms with E-state index in [1.807, 2.05) is 22.6 Å². The third-order valence-corrected chi connectivity index (χ3v) is 3.83. The number of carbonyl (C=O) groups excluding carboxylic acids is 1. The summed E-state index contributed by atoms with van der Waals surface area (Å²) in [7, 11) is 0. The Morgan fingerprint density at radius 3 is 2.65 bits per heavy atom. The first-order valence-electron chi connectivity index (χ1n) is 7.10. The van der Waals surface area contributed by atoms with E-state index in [2.05, 4.69) is 5.32 Å². The molecule has 0 amide bonds. The Balaban J connectivity index is 2.49. The Labute approximate surface area is 146 Å². The highest BCUT2D eigenvalue weighted by molar-refractivity contribution is 14.1. The SMILES string of the molecule is CCOC(=O)c1cn(CC)c(=O)cc1Nc1ccc(I)cc1F. The minimum Gasteiger partial charge on any atom is -0.462 e. The smallest absolute Gasteiger partial charge is 0.341 e. The van der Waals surface area contributed by atoms with Crippen LogP contribution in [0.3, 0.4) is 0 Å². The van der Waals surface area contributed by atoms with E-state index in [0.717, 1.165) is 3.57 Å². The van der Waals surface area contributed by atoms with Crippen molar-refractivity contribution in [3.8, 4) is 0 Å². The van der Waals surface area contributed by atoms with Crippen molar-refractivity contribution in [2.45, 2.75) is 20.4 Å². The van der Waals surface area contributed by atoms with Gasteiger partial charge in [0.25, 0.3) is 5.56 Å². The molecular weight excluding hydrogens is 414 g/mol. The summed E-state index contributed by atoms with van der Waals surface area (Å²) >= 11 is 2.00. The van der Waals surface area contributed by atoms with Crippen LogP contribution in [0, 0.1) is 9.39 Å². The molecule has 0 bridgehead atoms. The number of carbonyl (C=O) groups is 1. The van der Waals surface area contributed by atoms with Gasteiger partial charge in [0.15, 0.2) is 0 Å². The number of halogens is 2. The molecule has 0 saturated heterocycles. The van der Waals surface area contributed by atoms with Crippen LogP contribution < -0.4 is 10.9 Å². The van der Waals surface area contributed by atoms with Crippen LogP contribution in [0.25, 0.3) is 0 Å². The van der Waals surface area contributed by atoms with Gasteiger partial charge in [-0.3, -0.25) is 4.79 Å². The minimum atomic E-state index is -0.567. The summed E-state index contributed by atoms with van der Waals surface area (Å²) in [6.07, 6.45) is 1.42. The van der Waals surface area contributed by atoms with E-state index in [1.165, 1.54) is 22.9 Å². The van der Waals surface area contributed by atoms with Crippen LogP contribution >= 0.6 is 22.6 Å². The average Bonchev–Trinajstić information content (AvgIpc) is 2.50. The van der Waals surface area contributed by atoms with E-state index in [4.69, 9.17) is 4.74 Å². The maximum Gasteiger partial charge on any atom is 0.341 e. The van der Waals surface area contributed by atoms with Gasteiger partial charge < -0.3 is 14.6 Å². The van der Waals surface area contributed by atoms with Crippen LogP contribution in [-0.4, -0.2) is 17.1 Å². The molecule has 0 fully saturated rings. The number of benzene rings is 1. The zero-order valence-corrected chi connectivity index (χ0v) is 14.9. The number of esters is 1. The number of ether oxygens (including phenoxy) is 1. The molecule has 0 aliphatic rings. The van der Waals surface area contributed by atoms with Gasteiger partial charge in [0, 0.05) is 22.4 Å². The lowest BCUT2D eigenvalue weighted by Gasteiger charge is -2.14. The van der Waals surface area contributed by atoms with Gasteiger partial charge in [0.1, 0.15) is 5.82 Å². The molecule has 5 nitrogen and oxygen atoms in total. The minimum absolute atomic E-state index is 0.185. The lowest BCUT2D eigenvalue weighted by Crippen LogP contribution is -2.22. The number of aromatic nitrogens is 1. The average molecular weight is 430 g/mol. The first-order chi connectivity index (χ1) is 11.0. The van der Waals surface area contributed by atoms with Crippen molar-refractivity contribution in [1.29, 1.82) is 0 Å². The van der Waals surface area contributed by atoms with Crippen molar-refractivity contribution in [1.82, 2.24) is 4.57 Å². The number of hydrogen-bond donors (Lipinski definition) is 1. The number of anilines is 2. The van der Waals surface area contributed by atoms with Crippen molar-refractivity contribution in [2.24, 2.45) is 0 Å². The van der Waals surface area contributed by atoms with Gasteiger partial charge >= 0.3 is 5.97 Å². The molecule has 0 atom stereocenters. The van der Waals surface area contributed by atoms with Crippen molar-refractivity contribution >= 4 is 39.9 Å². The number of hydrogen-bond acceptors (Lipinski definition) is 4. The van der Waals surface area contributed by atoms with Gasteiger partial charge in [0.05, 0.1) is 23.5 Å². The van der Waals surface area contributed by atoms with Crippen LogP contribution in [-0.2, 0) is 11.3 Å². The maximum atomic E-state index is 14.0. The number of aryl methyl sites for hydroxylation is 1. The molecule has 1 aromatic carbocycles. The summed E-state index contributed by atoms with van der Waals surface area (Å²) in [5, 5.41) is 2.81. The van der Waals surface area contributed by atoms with Crippen LogP contribution in [0.5, 0.6) is 0 Å². The Morgan fingerprint density at radius 2 is 2.04 bits per heavy atom. The van der Waals surface area contributed by atoms with Crippen LogP contribution in [0.15, 0.2) is 35.3 Å². The zero-order chi connectivity index (χ0) is 17.0. The van der Waals surface area contributed by atoms with Crippen LogP contribution in [0.4, 0.5) is 15.8 Å². The molecule has 2 rings (SSSR count). The highest BCUT2D eigenvalue weighted by Gasteiger charge is 2.16. The summed E-state index contributed by atoms with van der Waals surface area (Å²) in [6, 6.07) is 5.91. The molecule has 0 saturated carbocycles. The van der Waals surface area contributed by atoms with Gasteiger partial charge in [-0.2, -0.15) is 0 Å². The fourth-order valence-electron chi connectivity index (χ4n) is 2.03. The molecule has 1 aromatic heterocycles. The second-order valence-corrected chi connectivity index (χ2v) is 5.94. The van der Waals surface area contributed by atoms with E-state index in [-0.39, 0.29) is 29.1 Å². The zero-order valence-electron chi connectivity index (χ0n) is 12.7. The van der Waals surface area contributed by atoms with Crippen molar-refractivity contribution in [2.75, 3.05) is 11.9 Å². The van der Waals surface area contributed by atoms with Gasteiger partial charge in [-0.1, -0.05) is 0 Å². The van der Waals surface area contributed by atoms with Crippen molar-refractivity contribution < 1.29 is 13.9 Å². The molecule has 122 valence electrons. The fourth-order valence-corrected chi connectivity index (χ4v) is 2.48. The highest BCUT2D eigenvalue weighted by Crippen LogP contribution is 2.24. The quantitative estimate of drug-likeness (QED) is 0.583. The Hall–Kier alpha value is -1.90. The Bertz CT molecular complexity index is 789. The van der Waals surface area contributed by atoms with E-state index < -0.39 is 11.8 Å². The van der Waals surface area contributed by atoms with E-state index >= 15 is 0 Å². The second kappa shape index (κ2) is 7.58. The number of nitrogens with one attached hydrogen (secondary N) is 1. The predicted octanol–water partition coefficient (Wildman–Crippen LogP) is 3.53. The number of nitrogens with zero attached hydrogens (tertiary/aromatic N) is 1. The molecule has 7 heteroatoms. The van der Waals surface area contributed by atoms with Gasteiger partial charge in [-0.15, -0.1) is 0 Å². The largest absolute Gasteiger partial charge is 0.462 e. The van der Waals surface area contributed by atoms with Gasteiger partial charge in [-0.25, -0.2) is 9.18 Å². The Kier molecular flexibility index (Phi) is 5.75. The second-order valence-electron chi connectivity index (χ2n) is 4.69. The third kappa shape index (κ3) is 4.10. The standard InChI is InChI=1S/C16H16FIN2O3/c1-3-20-9-11(16(22)23-4-2)14(8-15(20)21)19-13-6-5-10(18)7-12(13)17/h5-9,19H,3-4H2,1-2H3. The highest BCUT2D eigenvalue weighted by atomic mass is 127. The van der Waals surface area contributed by atoms with Crippen LogP contribution in [0.1, 0.15) is 24.2 Å². The molecule has 23 heavy (non-hydrogen) atoms. The topological polar surface area (TPSA) is 60.3 Å². The summed E-state index contributed by atoms with van der Waals surface area (Å²) in [4.78, 5) is 24.1. The lowest BCUT2D eigenvalue weighted by atomic mass is 10.2. The maximum absolute atomic E-state index is 14.0. The molecule has 0 spiro atoms. The van der Waals surface area contributed by atoms with Crippen molar-refractivity contribution in [3.05, 3.63) is 55.8 Å². The van der Waals surface area contributed by atoms with Gasteiger partial charge in [0.2, 0.25) is 0 Å². The van der Waals surface area contributed by atoms with E-state index in [0.29, 0.717) is 6.54 Å². The van der Waals surface area contributed by atoms with Gasteiger partial charge in [-0.05, 0) is 54.6 Å². The molecular formula is C16H16FIN2O3. The fraction of sp³-hybridized carbons (Fsp3) is 0.250. The monoisotopic (exact) mass is 430 g/mol. The summed E-state index contributed by atoms with van der Waals surface area (Å²) in [6.45, 7) is 4.12. The molecule has 0 aliphatic carbocycles. The predicted molar refractivity (Wildman–Crippen MR) is 94.7 cm³/mol. The number of pyridine rings is 1.